The maximum absolute atomic E-state index is 14.9. The Hall–Kier alpha value is -6.14. The first-order valence-electron chi connectivity index (χ1n) is 19.1. The Morgan fingerprint density at radius 2 is 1.60 bits per heavy atom. The van der Waals surface area contributed by atoms with Crippen LogP contribution in [0.4, 0.5) is 0 Å². The molecule has 17 heteroatoms. The van der Waals surface area contributed by atoms with Gasteiger partial charge in [0.15, 0.2) is 5.78 Å². The Balaban J connectivity index is 1.32. The molecule has 0 saturated carbocycles. The smallest absolute Gasteiger partial charge is 0.371 e. The Morgan fingerprint density at radius 3 is 2.25 bits per heavy atom. The summed E-state index contributed by atoms with van der Waals surface area (Å²) in [7, 11) is -8.55. The van der Waals surface area contributed by atoms with E-state index >= 15 is 0 Å². The number of carbonyl (C=O) groups excluding carboxylic acids is 4. The first-order valence-corrected chi connectivity index (χ1v) is 22.1. The van der Waals surface area contributed by atoms with Crippen LogP contribution >= 0.6 is 0 Å². The number of amides is 3. The average Bonchev–Trinajstić information content (AvgIpc) is 3.62. The third-order valence-corrected chi connectivity index (χ3v) is 12.8. The number of fused-ring (bicyclic) bond motifs is 2. The Morgan fingerprint density at radius 1 is 0.900 bits per heavy atom. The molecular weight excluding hydrogens is 809 g/mol. The zero-order valence-corrected chi connectivity index (χ0v) is 34.6. The van der Waals surface area contributed by atoms with Crippen LogP contribution in [0.25, 0.3) is 10.9 Å². The minimum Gasteiger partial charge on any atom is -0.371 e. The van der Waals surface area contributed by atoms with Crippen LogP contribution in [0.2, 0.25) is 0 Å². The van der Waals surface area contributed by atoms with Gasteiger partial charge < -0.3 is 14.0 Å². The van der Waals surface area contributed by atoms with Gasteiger partial charge in [-0.25, -0.2) is 22.4 Å². The second-order valence-corrected chi connectivity index (χ2v) is 17.8. The number of nitrogens with zero attached hydrogens (tertiary/aromatic N) is 5. The van der Waals surface area contributed by atoms with Crippen molar-refractivity contribution in [3.05, 3.63) is 144 Å². The number of piperazine rings is 1. The van der Waals surface area contributed by atoms with E-state index < -0.39 is 44.3 Å². The monoisotopic (exact) mass is 852 g/mol. The fraction of sp³-hybridized carbons (Fsp3) is 0.256. The normalized spacial score (nSPS) is 17.5. The number of nitrogens with two attached hydrogens (primary N) is 1. The summed E-state index contributed by atoms with van der Waals surface area (Å²) in [6.45, 7) is 6.72. The molecule has 2 fully saturated rings. The van der Waals surface area contributed by atoms with E-state index in [2.05, 4.69) is 6.58 Å². The molecule has 0 bridgehead atoms. The molecule has 2 N–H and O–H groups in total. The standard InChI is InChI=1S/C43H44N6O9S2/c1-4-23-46-28-41(52)48-38(24-32-15-18-34(19-16-32)58-60(44,56)57)43(53)45(27-39(48)49(46)40(51)22-17-31-9-6-5-7-10-31)25-33-11-8-12-36-37(30(3)50)26-47(42(33)36)59(54,55)35-20-13-29(2)14-21-35/h4-16,18-21,26,38-39H,1,17,22-25,27-28H2,2-3H3,(H2,44,56,57)/t38-,39-/m0/s1. The summed E-state index contributed by atoms with van der Waals surface area (Å²) in [4.78, 5) is 59.3. The van der Waals surface area contributed by atoms with Gasteiger partial charge in [0.2, 0.25) is 17.7 Å². The van der Waals surface area contributed by atoms with E-state index in [1.165, 1.54) is 52.2 Å². The lowest BCUT2D eigenvalue weighted by molar-refractivity contribution is -0.205. The highest BCUT2D eigenvalue weighted by Gasteiger charge is 2.51. The molecule has 312 valence electrons. The van der Waals surface area contributed by atoms with E-state index in [1.807, 2.05) is 37.3 Å². The Bertz CT molecular complexity index is 2700. The molecule has 7 rings (SSSR count). The van der Waals surface area contributed by atoms with Gasteiger partial charge in [0, 0.05) is 43.1 Å². The maximum atomic E-state index is 14.9. The summed E-state index contributed by atoms with van der Waals surface area (Å²) in [6, 6.07) is 25.6. The highest BCUT2D eigenvalue weighted by Crippen LogP contribution is 2.34. The van der Waals surface area contributed by atoms with Gasteiger partial charge >= 0.3 is 10.3 Å². The Kier molecular flexibility index (Phi) is 11.8. The molecule has 15 nitrogen and oxygen atoms in total. The van der Waals surface area contributed by atoms with Gasteiger partial charge in [0.1, 0.15) is 18.0 Å². The Labute approximate surface area is 348 Å². The van der Waals surface area contributed by atoms with Crippen molar-refractivity contribution in [2.75, 3.05) is 19.6 Å². The van der Waals surface area contributed by atoms with Gasteiger partial charge in [-0.05, 0) is 61.2 Å². The van der Waals surface area contributed by atoms with E-state index in [0.717, 1.165) is 15.1 Å². The molecule has 3 heterocycles. The van der Waals surface area contributed by atoms with Crippen molar-refractivity contribution in [3.63, 3.8) is 0 Å². The predicted molar refractivity (Wildman–Crippen MR) is 223 cm³/mol. The molecule has 3 amide bonds. The number of Topliss-reactive ketones (excluding diaryl/α,β-unsaturated/α-hetero) is 1. The lowest BCUT2D eigenvalue weighted by Gasteiger charge is -2.55. The molecule has 0 radical (unpaired) electrons. The molecule has 2 atom stereocenters. The molecule has 2 aliphatic heterocycles. The quantitative estimate of drug-likeness (QED) is 0.127. The van der Waals surface area contributed by atoms with Gasteiger partial charge in [-0.1, -0.05) is 84.4 Å². The third kappa shape index (κ3) is 8.60. The second kappa shape index (κ2) is 16.8. The summed E-state index contributed by atoms with van der Waals surface area (Å²) in [5.74, 6) is -1.56. The minimum atomic E-state index is -4.30. The van der Waals surface area contributed by atoms with E-state index in [0.29, 0.717) is 22.9 Å². The zero-order chi connectivity index (χ0) is 42.9. The number of para-hydroxylation sites is 1. The number of carbonyl (C=O) groups is 4. The van der Waals surface area contributed by atoms with Crippen LogP contribution in [-0.2, 0) is 54.1 Å². The van der Waals surface area contributed by atoms with Crippen LogP contribution in [0.5, 0.6) is 5.75 Å². The van der Waals surface area contributed by atoms with Gasteiger partial charge in [-0.15, -0.1) is 6.58 Å². The van der Waals surface area contributed by atoms with Crippen LogP contribution in [0.15, 0.2) is 121 Å². The molecule has 2 aliphatic rings. The molecule has 0 aliphatic carbocycles. The molecular formula is C43H44N6O9S2. The van der Waals surface area contributed by atoms with Crippen LogP contribution in [-0.4, -0.2) is 96.0 Å². The SMILES string of the molecule is C=CCN1CC(=O)N2[C@@H](Cc3ccc(OS(N)(=O)=O)cc3)C(=O)N(Cc3cccc4c(C(C)=O)cn(S(=O)(=O)c5ccc(C)cc5)c34)C[C@@H]2N1C(=O)CCc1ccccc1. The molecule has 60 heavy (non-hydrogen) atoms. The molecule has 4 aromatic carbocycles. The van der Waals surface area contributed by atoms with E-state index in [-0.39, 0.29) is 72.4 Å². The lowest BCUT2D eigenvalue weighted by Crippen LogP contribution is -2.75. The fourth-order valence-corrected chi connectivity index (χ4v) is 9.69. The number of aryl methyl sites for hydroxylation is 2. The minimum absolute atomic E-state index is 0.00725. The van der Waals surface area contributed by atoms with Gasteiger partial charge in [-0.2, -0.15) is 13.6 Å². The zero-order valence-electron chi connectivity index (χ0n) is 33.0. The number of hydrogen-bond donors (Lipinski definition) is 1. The number of ketones is 1. The van der Waals surface area contributed by atoms with Gasteiger partial charge in [0.25, 0.3) is 10.0 Å². The van der Waals surface area contributed by atoms with E-state index in [1.54, 1.807) is 53.5 Å². The van der Waals surface area contributed by atoms with E-state index in [4.69, 9.17) is 9.32 Å². The predicted octanol–water partition coefficient (Wildman–Crippen LogP) is 3.96. The molecule has 0 spiro atoms. The van der Waals surface area contributed by atoms with Crippen molar-refractivity contribution in [3.8, 4) is 5.75 Å². The first kappa shape index (κ1) is 42.0. The summed E-state index contributed by atoms with van der Waals surface area (Å²) in [6.07, 6.45) is 2.40. The number of benzene rings is 4. The fourth-order valence-electron chi connectivity index (χ4n) is 7.90. The van der Waals surface area contributed by atoms with Crippen LogP contribution in [0.1, 0.15) is 46.0 Å². The van der Waals surface area contributed by atoms with Crippen LogP contribution < -0.4 is 9.32 Å². The molecule has 1 aromatic heterocycles. The average molecular weight is 853 g/mol. The summed E-state index contributed by atoms with van der Waals surface area (Å²) in [5.41, 5.74) is 3.15. The van der Waals surface area contributed by atoms with Crippen molar-refractivity contribution in [2.24, 2.45) is 5.14 Å². The summed E-state index contributed by atoms with van der Waals surface area (Å²) in [5, 5.41) is 8.57. The first-order chi connectivity index (χ1) is 28.5. The molecule has 5 aromatic rings. The molecule has 2 saturated heterocycles. The number of hydrogen-bond acceptors (Lipinski definition) is 10. The number of rotatable bonds is 14. The van der Waals surface area contributed by atoms with Crippen molar-refractivity contribution in [1.29, 1.82) is 0 Å². The van der Waals surface area contributed by atoms with Crippen LogP contribution in [0.3, 0.4) is 0 Å². The van der Waals surface area contributed by atoms with Crippen molar-refractivity contribution in [2.45, 2.75) is 56.8 Å². The summed E-state index contributed by atoms with van der Waals surface area (Å²) < 4.78 is 57.5. The largest absolute Gasteiger partial charge is 0.380 e. The maximum Gasteiger partial charge on any atom is 0.380 e. The van der Waals surface area contributed by atoms with Gasteiger partial charge in [-0.3, -0.25) is 19.2 Å². The van der Waals surface area contributed by atoms with Gasteiger partial charge in [0.05, 0.1) is 23.5 Å². The third-order valence-electron chi connectivity index (χ3n) is 10.7. The molecule has 0 unspecified atom stereocenters. The number of aromatic nitrogens is 1. The topological polar surface area (TPSA) is 190 Å². The van der Waals surface area contributed by atoms with Crippen molar-refractivity contribution in [1.82, 2.24) is 23.8 Å². The van der Waals surface area contributed by atoms with Crippen molar-refractivity contribution < 1.29 is 40.2 Å². The van der Waals surface area contributed by atoms with Crippen molar-refractivity contribution >= 4 is 54.7 Å². The van der Waals surface area contributed by atoms with E-state index in [9.17, 15) is 36.0 Å². The second-order valence-electron chi connectivity index (χ2n) is 14.8. The highest BCUT2D eigenvalue weighted by molar-refractivity contribution is 7.90. The highest BCUT2D eigenvalue weighted by atomic mass is 32.2. The number of hydrazine groups is 1. The van der Waals surface area contributed by atoms with Crippen LogP contribution in [0, 0.1) is 6.92 Å². The summed E-state index contributed by atoms with van der Waals surface area (Å²) >= 11 is 0. The lowest BCUT2D eigenvalue weighted by atomic mass is 9.97.